The molecular formula is C15H29N3O. The zero-order valence-corrected chi connectivity index (χ0v) is 12.3. The third-order valence-electron chi connectivity index (χ3n) is 4.53. The van der Waals surface area contributed by atoms with E-state index in [0.717, 1.165) is 51.5 Å². The van der Waals surface area contributed by atoms with Gasteiger partial charge >= 0.3 is 0 Å². The Morgan fingerprint density at radius 1 is 1.32 bits per heavy atom. The largest absolute Gasteiger partial charge is 0.356 e. The van der Waals surface area contributed by atoms with Crippen molar-refractivity contribution < 1.29 is 4.79 Å². The summed E-state index contributed by atoms with van der Waals surface area (Å²) >= 11 is 0. The van der Waals surface area contributed by atoms with E-state index in [9.17, 15) is 4.79 Å². The van der Waals surface area contributed by atoms with Crippen LogP contribution < -0.4 is 10.6 Å². The molecule has 0 saturated carbocycles. The zero-order chi connectivity index (χ0) is 13.5. The van der Waals surface area contributed by atoms with Gasteiger partial charge in [0.1, 0.15) is 0 Å². The maximum atomic E-state index is 11.9. The molecule has 0 aromatic carbocycles. The highest BCUT2D eigenvalue weighted by molar-refractivity contribution is 5.78. The fraction of sp³-hybridized carbons (Fsp3) is 0.933. The van der Waals surface area contributed by atoms with Crippen LogP contribution in [0.15, 0.2) is 0 Å². The van der Waals surface area contributed by atoms with Crippen molar-refractivity contribution in [3.8, 4) is 0 Å². The normalized spacial score (nSPS) is 29.1. The molecule has 2 aliphatic rings. The minimum atomic E-state index is 0.197. The van der Waals surface area contributed by atoms with Gasteiger partial charge in [0.2, 0.25) is 5.91 Å². The van der Waals surface area contributed by atoms with Crippen LogP contribution in [-0.2, 0) is 4.79 Å². The molecule has 2 unspecified atom stereocenters. The molecule has 110 valence electrons. The van der Waals surface area contributed by atoms with Crippen LogP contribution in [-0.4, -0.2) is 49.6 Å². The van der Waals surface area contributed by atoms with Crippen molar-refractivity contribution in [3.63, 3.8) is 0 Å². The topological polar surface area (TPSA) is 44.4 Å². The standard InChI is InChI=1S/C15H29N3O/c1-13-6-2-3-10-18(13)11-5-9-17-15(19)14-7-4-8-16-12-14/h13-14,16H,2-12H2,1H3,(H,17,19). The number of carbonyl (C=O) groups is 1. The Morgan fingerprint density at radius 2 is 2.21 bits per heavy atom. The fourth-order valence-electron chi connectivity index (χ4n) is 3.20. The first kappa shape index (κ1) is 14.8. The summed E-state index contributed by atoms with van der Waals surface area (Å²) < 4.78 is 0. The van der Waals surface area contributed by atoms with E-state index in [1.165, 1.54) is 25.8 Å². The molecule has 2 aliphatic heterocycles. The number of rotatable bonds is 5. The van der Waals surface area contributed by atoms with Crippen LogP contribution in [0.5, 0.6) is 0 Å². The highest BCUT2D eigenvalue weighted by Gasteiger charge is 2.21. The molecule has 2 fully saturated rings. The highest BCUT2D eigenvalue weighted by atomic mass is 16.1. The number of nitrogens with one attached hydrogen (secondary N) is 2. The lowest BCUT2D eigenvalue weighted by atomic mass is 9.99. The molecular weight excluding hydrogens is 238 g/mol. The van der Waals surface area contributed by atoms with Crippen LogP contribution in [0, 0.1) is 5.92 Å². The number of nitrogens with zero attached hydrogens (tertiary/aromatic N) is 1. The van der Waals surface area contributed by atoms with Gasteiger partial charge in [-0.05, 0) is 52.1 Å². The van der Waals surface area contributed by atoms with Crippen molar-refractivity contribution in [1.82, 2.24) is 15.5 Å². The second-order valence-corrected chi connectivity index (χ2v) is 6.07. The molecule has 19 heavy (non-hydrogen) atoms. The van der Waals surface area contributed by atoms with Crippen LogP contribution in [0.4, 0.5) is 0 Å². The molecule has 2 heterocycles. The molecule has 0 aromatic heterocycles. The highest BCUT2D eigenvalue weighted by Crippen LogP contribution is 2.16. The molecule has 2 rings (SSSR count). The molecule has 0 radical (unpaired) electrons. The molecule has 0 bridgehead atoms. The lowest BCUT2D eigenvalue weighted by Crippen LogP contribution is -2.42. The summed E-state index contributed by atoms with van der Waals surface area (Å²) in [5.41, 5.74) is 0. The molecule has 4 nitrogen and oxygen atoms in total. The van der Waals surface area contributed by atoms with Gasteiger partial charge in [-0.2, -0.15) is 0 Å². The van der Waals surface area contributed by atoms with E-state index in [0.29, 0.717) is 0 Å². The van der Waals surface area contributed by atoms with E-state index in [1.54, 1.807) is 0 Å². The van der Waals surface area contributed by atoms with E-state index in [-0.39, 0.29) is 11.8 Å². The van der Waals surface area contributed by atoms with Gasteiger partial charge in [0.05, 0.1) is 5.92 Å². The number of carbonyl (C=O) groups excluding carboxylic acids is 1. The van der Waals surface area contributed by atoms with E-state index in [1.807, 2.05) is 0 Å². The minimum absolute atomic E-state index is 0.197. The third kappa shape index (κ3) is 4.77. The van der Waals surface area contributed by atoms with Crippen molar-refractivity contribution in [2.75, 3.05) is 32.7 Å². The Kier molecular flexibility index (Phi) is 6.11. The van der Waals surface area contributed by atoms with Gasteiger partial charge in [0.15, 0.2) is 0 Å². The summed E-state index contributed by atoms with van der Waals surface area (Å²) in [7, 11) is 0. The van der Waals surface area contributed by atoms with Crippen molar-refractivity contribution in [1.29, 1.82) is 0 Å². The molecule has 2 N–H and O–H groups in total. The average molecular weight is 267 g/mol. The molecule has 2 saturated heterocycles. The average Bonchev–Trinajstić information content (AvgIpc) is 2.46. The van der Waals surface area contributed by atoms with E-state index in [2.05, 4.69) is 22.5 Å². The molecule has 0 aliphatic carbocycles. The van der Waals surface area contributed by atoms with Gasteiger partial charge in [0, 0.05) is 25.7 Å². The lowest BCUT2D eigenvalue weighted by molar-refractivity contribution is -0.125. The van der Waals surface area contributed by atoms with Crippen LogP contribution >= 0.6 is 0 Å². The first-order valence-corrected chi connectivity index (χ1v) is 8.00. The number of hydrogen-bond acceptors (Lipinski definition) is 3. The van der Waals surface area contributed by atoms with Gasteiger partial charge in [-0.1, -0.05) is 6.42 Å². The lowest BCUT2D eigenvalue weighted by Gasteiger charge is -2.33. The third-order valence-corrected chi connectivity index (χ3v) is 4.53. The Balaban J connectivity index is 1.56. The Labute approximate surface area is 117 Å². The number of likely N-dealkylation sites (tertiary alicyclic amines) is 1. The van der Waals surface area contributed by atoms with Gasteiger partial charge < -0.3 is 15.5 Å². The van der Waals surface area contributed by atoms with E-state index in [4.69, 9.17) is 0 Å². The smallest absolute Gasteiger partial charge is 0.224 e. The maximum Gasteiger partial charge on any atom is 0.224 e. The number of piperidine rings is 2. The summed E-state index contributed by atoms with van der Waals surface area (Å²) in [6, 6.07) is 0.729. The zero-order valence-electron chi connectivity index (χ0n) is 12.3. The van der Waals surface area contributed by atoms with Crippen LogP contribution in [0.2, 0.25) is 0 Å². The summed E-state index contributed by atoms with van der Waals surface area (Å²) in [5.74, 6) is 0.446. The SMILES string of the molecule is CC1CCCCN1CCCNC(=O)C1CCCNC1. The van der Waals surface area contributed by atoms with Crippen molar-refractivity contribution in [2.24, 2.45) is 5.92 Å². The quantitative estimate of drug-likeness (QED) is 0.739. The van der Waals surface area contributed by atoms with Gasteiger partial charge in [-0.3, -0.25) is 4.79 Å². The summed E-state index contributed by atoms with van der Waals surface area (Å²) in [4.78, 5) is 14.5. The van der Waals surface area contributed by atoms with Gasteiger partial charge in [-0.25, -0.2) is 0 Å². The molecule has 0 spiro atoms. The number of hydrogen-bond donors (Lipinski definition) is 2. The summed E-state index contributed by atoms with van der Waals surface area (Å²) in [6.45, 7) is 7.45. The fourth-order valence-corrected chi connectivity index (χ4v) is 3.20. The predicted molar refractivity (Wildman–Crippen MR) is 78.1 cm³/mol. The van der Waals surface area contributed by atoms with Crippen molar-refractivity contribution >= 4 is 5.91 Å². The van der Waals surface area contributed by atoms with E-state index >= 15 is 0 Å². The first-order chi connectivity index (χ1) is 9.27. The molecule has 2 atom stereocenters. The second kappa shape index (κ2) is 7.85. The predicted octanol–water partition coefficient (Wildman–Crippen LogP) is 1.37. The summed E-state index contributed by atoms with van der Waals surface area (Å²) in [5, 5.41) is 6.40. The van der Waals surface area contributed by atoms with Gasteiger partial charge in [-0.15, -0.1) is 0 Å². The first-order valence-electron chi connectivity index (χ1n) is 8.00. The second-order valence-electron chi connectivity index (χ2n) is 6.07. The minimum Gasteiger partial charge on any atom is -0.356 e. The van der Waals surface area contributed by atoms with Crippen molar-refractivity contribution in [2.45, 2.75) is 51.5 Å². The Bertz CT molecular complexity index is 277. The molecule has 4 heteroatoms. The Morgan fingerprint density at radius 3 is 2.95 bits per heavy atom. The van der Waals surface area contributed by atoms with Crippen LogP contribution in [0.3, 0.4) is 0 Å². The van der Waals surface area contributed by atoms with E-state index < -0.39 is 0 Å². The number of amides is 1. The Hall–Kier alpha value is -0.610. The summed E-state index contributed by atoms with van der Waals surface area (Å²) in [6.07, 6.45) is 7.30. The monoisotopic (exact) mass is 267 g/mol. The van der Waals surface area contributed by atoms with Crippen LogP contribution in [0.25, 0.3) is 0 Å². The van der Waals surface area contributed by atoms with Crippen LogP contribution in [0.1, 0.15) is 45.4 Å². The molecule has 0 aromatic rings. The van der Waals surface area contributed by atoms with Crippen molar-refractivity contribution in [3.05, 3.63) is 0 Å². The van der Waals surface area contributed by atoms with Gasteiger partial charge in [0.25, 0.3) is 0 Å². The maximum absolute atomic E-state index is 11.9. The molecule has 1 amide bonds.